The number of primary amides is 1. The van der Waals surface area contributed by atoms with Gasteiger partial charge < -0.3 is 15.6 Å². The summed E-state index contributed by atoms with van der Waals surface area (Å²) in [5.41, 5.74) is 5.46. The quantitative estimate of drug-likeness (QED) is 0.892. The summed E-state index contributed by atoms with van der Waals surface area (Å²) in [6, 6.07) is 7.33. The fourth-order valence-corrected chi connectivity index (χ4v) is 1.74. The standard InChI is InChI=1S/C13H9BrN2O4/c14-9-3-1-7(13(18)19)5-10(9)20-11-4-2-8(6-16-11)12(15)17/h1-6H,(H2,15,17)(H,18,19). The number of carboxylic acids is 1. The lowest BCUT2D eigenvalue weighted by atomic mass is 10.2. The van der Waals surface area contributed by atoms with Crippen molar-refractivity contribution in [3.05, 3.63) is 52.1 Å². The number of halogens is 1. The second-order valence-corrected chi connectivity index (χ2v) is 4.66. The Morgan fingerprint density at radius 1 is 1.20 bits per heavy atom. The van der Waals surface area contributed by atoms with Gasteiger partial charge in [0.2, 0.25) is 11.8 Å². The number of carboxylic acid groups (broad SMARTS) is 1. The third-order valence-electron chi connectivity index (χ3n) is 2.41. The molecule has 102 valence electrons. The predicted molar refractivity (Wildman–Crippen MR) is 73.9 cm³/mol. The minimum absolute atomic E-state index is 0.0944. The number of rotatable bonds is 4. The summed E-state index contributed by atoms with van der Waals surface area (Å²) in [7, 11) is 0. The lowest BCUT2D eigenvalue weighted by molar-refractivity contribution is 0.0696. The van der Waals surface area contributed by atoms with E-state index in [2.05, 4.69) is 20.9 Å². The highest BCUT2D eigenvalue weighted by Gasteiger charge is 2.10. The molecule has 0 aliphatic rings. The van der Waals surface area contributed by atoms with Crippen LogP contribution in [0, 0.1) is 0 Å². The molecule has 0 aliphatic heterocycles. The van der Waals surface area contributed by atoms with Gasteiger partial charge in [0.25, 0.3) is 0 Å². The van der Waals surface area contributed by atoms with Gasteiger partial charge in [-0.2, -0.15) is 0 Å². The number of pyridine rings is 1. The first-order chi connectivity index (χ1) is 9.47. The van der Waals surface area contributed by atoms with Crippen LogP contribution in [0.3, 0.4) is 0 Å². The smallest absolute Gasteiger partial charge is 0.335 e. The Balaban J connectivity index is 2.27. The van der Waals surface area contributed by atoms with Crippen molar-refractivity contribution in [2.45, 2.75) is 0 Å². The number of ether oxygens (including phenoxy) is 1. The van der Waals surface area contributed by atoms with Gasteiger partial charge in [-0.05, 0) is 40.2 Å². The van der Waals surface area contributed by atoms with Gasteiger partial charge in [-0.1, -0.05) is 0 Å². The van der Waals surface area contributed by atoms with Crippen LogP contribution in [0.15, 0.2) is 41.0 Å². The molecule has 20 heavy (non-hydrogen) atoms. The Labute approximate surface area is 122 Å². The molecular weight excluding hydrogens is 328 g/mol. The molecule has 0 spiro atoms. The van der Waals surface area contributed by atoms with Gasteiger partial charge in [-0.3, -0.25) is 4.79 Å². The molecule has 6 nitrogen and oxygen atoms in total. The minimum Gasteiger partial charge on any atom is -0.478 e. The van der Waals surface area contributed by atoms with Crippen LogP contribution in [0.1, 0.15) is 20.7 Å². The summed E-state index contributed by atoms with van der Waals surface area (Å²) in [6.07, 6.45) is 1.28. The molecule has 0 aliphatic carbocycles. The second-order valence-electron chi connectivity index (χ2n) is 3.80. The summed E-state index contributed by atoms with van der Waals surface area (Å²) >= 11 is 3.25. The monoisotopic (exact) mass is 336 g/mol. The van der Waals surface area contributed by atoms with Crippen molar-refractivity contribution in [1.82, 2.24) is 4.98 Å². The van der Waals surface area contributed by atoms with Crippen molar-refractivity contribution in [1.29, 1.82) is 0 Å². The van der Waals surface area contributed by atoms with Crippen LogP contribution in [0.25, 0.3) is 0 Å². The Morgan fingerprint density at radius 2 is 1.90 bits per heavy atom. The zero-order valence-electron chi connectivity index (χ0n) is 10.0. The molecule has 0 atom stereocenters. The molecule has 0 fully saturated rings. The van der Waals surface area contributed by atoms with Crippen LogP contribution in [0.4, 0.5) is 0 Å². The van der Waals surface area contributed by atoms with Crippen molar-refractivity contribution in [3.8, 4) is 11.6 Å². The molecule has 0 saturated carbocycles. The lowest BCUT2D eigenvalue weighted by Crippen LogP contribution is -2.10. The number of carbonyl (C=O) groups excluding carboxylic acids is 1. The highest BCUT2D eigenvalue weighted by molar-refractivity contribution is 9.10. The van der Waals surface area contributed by atoms with Gasteiger partial charge in [0.15, 0.2) is 0 Å². The van der Waals surface area contributed by atoms with E-state index >= 15 is 0 Å². The third-order valence-corrected chi connectivity index (χ3v) is 3.07. The predicted octanol–water partition coefficient (Wildman–Crippen LogP) is 2.43. The molecule has 1 aromatic carbocycles. The first kappa shape index (κ1) is 14.0. The van der Waals surface area contributed by atoms with Gasteiger partial charge in [0, 0.05) is 12.3 Å². The first-order valence-corrected chi connectivity index (χ1v) is 6.23. The molecule has 2 rings (SSSR count). The van der Waals surface area contributed by atoms with E-state index < -0.39 is 11.9 Å². The Kier molecular flexibility index (Phi) is 3.99. The topological polar surface area (TPSA) is 103 Å². The number of nitrogens with zero attached hydrogens (tertiary/aromatic N) is 1. The zero-order chi connectivity index (χ0) is 14.7. The number of aromatic nitrogens is 1. The fraction of sp³-hybridized carbons (Fsp3) is 0. The number of amides is 1. The SMILES string of the molecule is NC(=O)c1ccc(Oc2cc(C(=O)O)ccc2Br)nc1. The average molecular weight is 337 g/mol. The number of carbonyl (C=O) groups is 2. The average Bonchev–Trinajstić information content (AvgIpc) is 2.41. The largest absolute Gasteiger partial charge is 0.478 e. The van der Waals surface area contributed by atoms with Crippen LogP contribution in [0.2, 0.25) is 0 Å². The minimum atomic E-state index is -1.06. The maximum absolute atomic E-state index is 10.9. The van der Waals surface area contributed by atoms with Crippen LogP contribution in [-0.2, 0) is 0 Å². The van der Waals surface area contributed by atoms with E-state index in [1.54, 1.807) is 6.07 Å². The van der Waals surface area contributed by atoms with Crippen molar-refractivity contribution in [2.24, 2.45) is 5.73 Å². The number of nitrogens with two attached hydrogens (primary N) is 1. The lowest BCUT2D eigenvalue weighted by Gasteiger charge is -2.08. The van der Waals surface area contributed by atoms with Crippen LogP contribution < -0.4 is 10.5 Å². The zero-order valence-corrected chi connectivity index (χ0v) is 11.6. The van der Waals surface area contributed by atoms with E-state index in [0.717, 1.165) is 0 Å². The van der Waals surface area contributed by atoms with Gasteiger partial charge >= 0.3 is 5.97 Å². The van der Waals surface area contributed by atoms with Crippen LogP contribution in [-0.4, -0.2) is 22.0 Å². The third kappa shape index (κ3) is 3.12. The highest BCUT2D eigenvalue weighted by atomic mass is 79.9. The van der Waals surface area contributed by atoms with Crippen molar-refractivity contribution >= 4 is 27.8 Å². The van der Waals surface area contributed by atoms with Crippen molar-refractivity contribution in [2.75, 3.05) is 0 Å². The van der Waals surface area contributed by atoms with Gasteiger partial charge in [-0.15, -0.1) is 0 Å². The maximum Gasteiger partial charge on any atom is 0.335 e. The summed E-state index contributed by atoms with van der Waals surface area (Å²) < 4.78 is 6.05. The molecule has 0 saturated heterocycles. The molecule has 1 amide bonds. The van der Waals surface area contributed by atoms with Crippen LogP contribution in [0.5, 0.6) is 11.6 Å². The van der Waals surface area contributed by atoms with Crippen LogP contribution >= 0.6 is 15.9 Å². The van der Waals surface area contributed by atoms with Gasteiger partial charge in [0.1, 0.15) is 5.75 Å². The summed E-state index contributed by atoms with van der Waals surface area (Å²) in [5.74, 6) is -1.11. The Bertz CT molecular complexity index is 671. The van der Waals surface area contributed by atoms with Crippen molar-refractivity contribution in [3.63, 3.8) is 0 Å². The molecule has 2 aromatic rings. The Morgan fingerprint density at radius 3 is 2.45 bits per heavy atom. The molecular formula is C13H9BrN2O4. The van der Waals surface area contributed by atoms with Crippen molar-refractivity contribution < 1.29 is 19.4 Å². The van der Waals surface area contributed by atoms with E-state index in [1.807, 2.05) is 0 Å². The van der Waals surface area contributed by atoms with Gasteiger partial charge in [0.05, 0.1) is 15.6 Å². The maximum atomic E-state index is 10.9. The summed E-state index contributed by atoms with van der Waals surface area (Å²) in [6.45, 7) is 0. The number of benzene rings is 1. The molecule has 1 heterocycles. The highest BCUT2D eigenvalue weighted by Crippen LogP contribution is 2.29. The molecule has 3 N–H and O–H groups in total. The van der Waals surface area contributed by atoms with E-state index in [9.17, 15) is 9.59 Å². The number of hydrogen-bond acceptors (Lipinski definition) is 4. The molecule has 7 heteroatoms. The molecule has 0 unspecified atom stereocenters. The number of aromatic carboxylic acids is 1. The van der Waals surface area contributed by atoms with E-state index in [0.29, 0.717) is 10.2 Å². The fourth-order valence-electron chi connectivity index (χ4n) is 1.41. The Hall–Kier alpha value is -2.41. The van der Waals surface area contributed by atoms with E-state index in [-0.39, 0.29) is 17.0 Å². The molecule has 0 radical (unpaired) electrons. The van der Waals surface area contributed by atoms with E-state index in [1.165, 1.54) is 30.5 Å². The number of hydrogen-bond donors (Lipinski definition) is 2. The van der Waals surface area contributed by atoms with Gasteiger partial charge in [-0.25, -0.2) is 9.78 Å². The first-order valence-electron chi connectivity index (χ1n) is 5.44. The second kappa shape index (κ2) is 5.70. The van der Waals surface area contributed by atoms with E-state index in [4.69, 9.17) is 15.6 Å². The summed E-state index contributed by atoms with van der Waals surface area (Å²) in [5, 5.41) is 8.93. The molecule has 1 aromatic heterocycles. The summed E-state index contributed by atoms with van der Waals surface area (Å²) in [4.78, 5) is 25.7. The molecule has 0 bridgehead atoms. The normalized spacial score (nSPS) is 10.1.